The molecular weight excluding hydrogens is 687 g/mol. The van der Waals surface area contributed by atoms with E-state index in [4.69, 9.17) is 9.73 Å². The first-order valence-electron chi connectivity index (χ1n) is 25.0. The SMILES string of the molecule is CCCCCCCC/C=C\CCCCCCCC1(CCCCCCC/C=C\CCCCCCCC)C=NC(C(=O)OCC)N1CCCN1CC(CC)CCC1C. The van der Waals surface area contributed by atoms with Crippen LogP contribution in [0.5, 0.6) is 0 Å². The van der Waals surface area contributed by atoms with E-state index >= 15 is 0 Å². The Morgan fingerprint density at radius 2 is 1.09 bits per heavy atom. The molecule has 2 aliphatic rings. The first-order valence-corrected chi connectivity index (χ1v) is 25.0. The van der Waals surface area contributed by atoms with Gasteiger partial charge in [-0.2, -0.15) is 0 Å². The van der Waals surface area contributed by atoms with Crippen molar-refractivity contribution < 1.29 is 9.53 Å². The molecule has 5 nitrogen and oxygen atoms in total. The van der Waals surface area contributed by atoms with Crippen LogP contribution in [-0.2, 0) is 9.53 Å². The maximum Gasteiger partial charge on any atom is 0.346 e. The number of nitrogens with zero attached hydrogens (tertiary/aromatic N) is 3. The number of carbonyl (C=O) groups excluding carboxylic acids is 1. The number of aliphatic imine (C=N–C) groups is 1. The van der Waals surface area contributed by atoms with Crippen molar-refractivity contribution in [1.82, 2.24) is 9.80 Å². The zero-order valence-electron chi connectivity index (χ0n) is 38.2. The van der Waals surface area contributed by atoms with E-state index in [0.717, 1.165) is 38.3 Å². The molecule has 1 saturated heterocycles. The van der Waals surface area contributed by atoms with E-state index in [9.17, 15) is 4.79 Å². The Bertz CT molecular complexity index is 967. The maximum absolute atomic E-state index is 13.4. The van der Waals surface area contributed by atoms with Crippen molar-refractivity contribution in [2.75, 3.05) is 26.2 Å². The lowest BCUT2D eigenvalue weighted by Gasteiger charge is -2.41. The van der Waals surface area contributed by atoms with Gasteiger partial charge in [0.15, 0.2) is 0 Å². The van der Waals surface area contributed by atoms with Crippen molar-refractivity contribution >= 4 is 12.2 Å². The molecule has 0 aromatic heterocycles. The molecule has 0 aromatic carbocycles. The van der Waals surface area contributed by atoms with Crippen LogP contribution in [0.2, 0.25) is 0 Å². The Balaban J connectivity index is 1.88. The van der Waals surface area contributed by atoms with Crippen LogP contribution in [-0.4, -0.2) is 66.0 Å². The molecule has 3 unspecified atom stereocenters. The first-order chi connectivity index (χ1) is 27.5. The summed E-state index contributed by atoms with van der Waals surface area (Å²) in [7, 11) is 0. The van der Waals surface area contributed by atoms with Crippen LogP contribution in [0.1, 0.15) is 240 Å². The third kappa shape index (κ3) is 22.6. The molecule has 2 heterocycles. The number of ether oxygens (including phenoxy) is 1. The number of carbonyl (C=O) groups is 1. The van der Waals surface area contributed by atoms with Gasteiger partial charge in [0.05, 0.1) is 12.1 Å². The predicted octanol–water partition coefficient (Wildman–Crippen LogP) is 15.0. The van der Waals surface area contributed by atoms with Gasteiger partial charge in [-0.05, 0) is 110 Å². The molecule has 0 saturated carbocycles. The number of likely N-dealkylation sites (tertiary alicyclic amines) is 1. The molecule has 0 bridgehead atoms. The van der Waals surface area contributed by atoms with Gasteiger partial charge < -0.3 is 9.64 Å². The Morgan fingerprint density at radius 3 is 1.55 bits per heavy atom. The molecule has 2 rings (SSSR count). The summed E-state index contributed by atoms with van der Waals surface area (Å²) >= 11 is 0. The minimum atomic E-state index is -0.483. The fraction of sp³-hybridized carbons (Fsp3) is 0.882. The smallest absolute Gasteiger partial charge is 0.346 e. The van der Waals surface area contributed by atoms with E-state index in [2.05, 4.69) is 68.0 Å². The molecule has 0 N–H and O–H groups in total. The normalized spacial score (nSPS) is 20.3. The summed E-state index contributed by atoms with van der Waals surface area (Å²) < 4.78 is 5.64. The number of allylic oxidation sites excluding steroid dienone is 4. The molecule has 0 aromatic rings. The molecule has 1 fully saturated rings. The molecule has 5 heteroatoms. The summed E-state index contributed by atoms with van der Waals surface area (Å²) in [6.45, 7) is 14.9. The van der Waals surface area contributed by atoms with Crippen molar-refractivity contribution in [2.45, 2.75) is 258 Å². The molecular formula is C51H95N3O2. The van der Waals surface area contributed by atoms with Crippen molar-refractivity contribution in [1.29, 1.82) is 0 Å². The quantitative estimate of drug-likeness (QED) is 0.0358. The summed E-state index contributed by atoms with van der Waals surface area (Å²) in [6.07, 6.45) is 53.1. The van der Waals surface area contributed by atoms with E-state index < -0.39 is 6.17 Å². The summed E-state index contributed by atoms with van der Waals surface area (Å²) in [5, 5.41) is 0. The van der Waals surface area contributed by atoms with E-state index in [-0.39, 0.29) is 11.5 Å². The van der Waals surface area contributed by atoms with Gasteiger partial charge in [0.2, 0.25) is 6.17 Å². The van der Waals surface area contributed by atoms with Gasteiger partial charge in [0, 0.05) is 25.3 Å². The average molecular weight is 782 g/mol. The molecule has 326 valence electrons. The molecule has 56 heavy (non-hydrogen) atoms. The zero-order valence-corrected chi connectivity index (χ0v) is 38.2. The Morgan fingerprint density at radius 1 is 0.625 bits per heavy atom. The number of hydrogen-bond acceptors (Lipinski definition) is 5. The highest BCUT2D eigenvalue weighted by atomic mass is 16.5. The van der Waals surface area contributed by atoms with E-state index in [1.54, 1.807) is 0 Å². The Labute approximate surface area is 349 Å². The predicted molar refractivity (Wildman–Crippen MR) is 246 cm³/mol. The van der Waals surface area contributed by atoms with Crippen LogP contribution in [0.3, 0.4) is 0 Å². The van der Waals surface area contributed by atoms with Gasteiger partial charge in [-0.15, -0.1) is 0 Å². The molecule has 0 spiro atoms. The fourth-order valence-corrected chi connectivity index (χ4v) is 9.25. The second-order valence-electron chi connectivity index (χ2n) is 17.9. The van der Waals surface area contributed by atoms with Crippen LogP contribution in [0.15, 0.2) is 29.3 Å². The minimum Gasteiger partial charge on any atom is -0.463 e. The third-order valence-corrected chi connectivity index (χ3v) is 13.1. The van der Waals surface area contributed by atoms with Gasteiger partial charge in [-0.1, -0.05) is 167 Å². The molecule has 3 atom stereocenters. The van der Waals surface area contributed by atoms with E-state index in [0.29, 0.717) is 12.6 Å². The molecule has 2 aliphatic heterocycles. The summed E-state index contributed by atoms with van der Waals surface area (Å²) in [6, 6.07) is 0.657. The standard InChI is InChI=1S/C51H95N3O2/c1-6-10-12-14-16-18-20-22-24-26-28-30-32-34-36-41-51(42-37-35-33-31-29-27-25-23-21-19-17-15-13-11-7-2)46-52-49(50(55)56-9-4)54(51)44-38-43-53-45-48(8-3)40-39-47(53)5/h22-25,46-49H,6-21,26-45H2,1-5H3/b24-22-,25-23-. The zero-order chi connectivity index (χ0) is 40.4. The summed E-state index contributed by atoms with van der Waals surface area (Å²) in [5.74, 6) is 0.673. The van der Waals surface area contributed by atoms with Gasteiger partial charge in [0.1, 0.15) is 0 Å². The second-order valence-corrected chi connectivity index (χ2v) is 17.9. The van der Waals surface area contributed by atoms with Gasteiger partial charge in [-0.25, -0.2) is 4.79 Å². The third-order valence-electron chi connectivity index (χ3n) is 13.1. The highest BCUT2D eigenvalue weighted by Crippen LogP contribution is 2.35. The Kier molecular flexibility index (Phi) is 31.1. The summed E-state index contributed by atoms with van der Waals surface area (Å²) in [4.78, 5) is 23.6. The van der Waals surface area contributed by atoms with E-state index in [1.165, 1.54) is 193 Å². The molecule has 0 radical (unpaired) electrons. The van der Waals surface area contributed by atoms with Crippen molar-refractivity contribution in [3.8, 4) is 0 Å². The maximum atomic E-state index is 13.4. The summed E-state index contributed by atoms with van der Waals surface area (Å²) in [5.41, 5.74) is -0.130. The van der Waals surface area contributed by atoms with Crippen LogP contribution in [0.25, 0.3) is 0 Å². The lowest BCUT2D eigenvalue weighted by atomic mass is 9.85. The monoisotopic (exact) mass is 782 g/mol. The topological polar surface area (TPSA) is 45.1 Å². The van der Waals surface area contributed by atoms with Crippen LogP contribution >= 0.6 is 0 Å². The second kappa shape index (κ2) is 34.4. The van der Waals surface area contributed by atoms with Gasteiger partial charge in [-0.3, -0.25) is 9.89 Å². The Hall–Kier alpha value is -1.46. The molecule has 0 aliphatic carbocycles. The van der Waals surface area contributed by atoms with Crippen molar-refractivity contribution in [2.24, 2.45) is 10.9 Å². The highest BCUT2D eigenvalue weighted by Gasteiger charge is 2.46. The number of rotatable bonds is 37. The average Bonchev–Trinajstić information content (AvgIpc) is 3.56. The minimum absolute atomic E-state index is 0.130. The first kappa shape index (κ1) is 50.7. The number of esters is 1. The highest BCUT2D eigenvalue weighted by molar-refractivity contribution is 5.84. The van der Waals surface area contributed by atoms with Crippen molar-refractivity contribution in [3.63, 3.8) is 0 Å². The number of piperidine rings is 1. The van der Waals surface area contributed by atoms with E-state index in [1.807, 2.05) is 6.92 Å². The van der Waals surface area contributed by atoms with Gasteiger partial charge >= 0.3 is 5.97 Å². The van der Waals surface area contributed by atoms with Crippen molar-refractivity contribution in [3.05, 3.63) is 24.3 Å². The van der Waals surface area contributed by atoms with Gasteiger partial charge in [0.25, 0.3) is 0 Å². The largest absolute Gasteiger partial charge is 0.463 e. The lowest BCUT2D eigenvalue weighted by molar-refractivity contribution is -0.150. The van der Waals surface area contributed by atoms with Crippen LogP contribution in [0, 0.1) is 5.92 Å². The number of unbranched alkanes of at least 4 members (excludes halogenated alkanes) is 22. The molecule has 0 amide bonds. The number of hydrogen-bond donors (Lipinski definition) is 0. The lowest BCUT2D eigenvalue weighted by Crippen LogP contribution is -2.53. The fourth-order valence-electron chi connectivity index (χ4n) is 9.25. The van der Waals surface area contributed by atoms with Crippen LogP contribution < -0.4 is 0 Å². The van der Waals surface area contributed by atoms with Crippen LogP contribution in [0.4, 0.5) is 0 Å².